The van der Waals surface area contributed by atoms with E-state index < -0.39 is 0 Å². The highest BCUT2D eigenvalue weighted by Crippen LogP contribution is 2.30. The number of rotatable bonds is 3. The number of nitrogens with zero attached hydrogens (tertiary/aromatic N) is 4. The third kappa shape index (κ3) is 3.20. The van der Waals surface area contributed by atoms with Gasteiger partial charge in [0.1, 0.15) is 17.4 Å². The molecule has 128 valence electrons. The van der Waals surface area contributed by atoms with Crippen molar-refractivity contribution in [3.63, 3.8) is 0 Å². The molecule has 1 saturated heterocycles. The van der Waals surface area contributed by atoms with Crippen molar-refractivity contribution in [3.05, 3.63) is 54.2 Å². The summed E-state index contributed by atoms with van der Waals surface area (Å²) in [6.07, 6.45) is 5.90. The molecule has 0 saturated carbocycles. The minimum Gasteiger partial charge on any atom is -0.507 e. The lowest BCUT2D eigenvalue weighted by Crippen LogP contribution is -2.35. The van der Waals surface area contributed by atoms with Crippen molar-refractivity contribution in [1.82, 2.24) is 19.9 Å². The maximum absolute atomic E-state index is 10.1. The molecule has 0 aliphatic carbocycles. The van der Waals surface area contributed by atoms with E-state index in [1.165, 1.54) is 0 Å². The first-order valence-corrected chi connectivity index (χ1v) is 8.59. The molecule has 25 heavy (non-hydrogen) atoms. The smallest absolute Gasteiger partial charge is 0.165 e. The van der Waals surface area contributed by atoms with Crippen molar-refractivity contribution in [2.75, 3.05) is 18.0 Å². The Bertz CT molecular complexity index is 862. The molecule has 1 fully saturated rings. The minimum atomic E-state index is 0.200. The number of benzene rings is 1. The van der Waals surface area contributed by atoms with Crippen molar-refractivity contribution in [1.29, 1.82) is 0 Å². The summed E-state index contributed by atoms with van der Waals surface area (Å²) >= 11 is 0. The number of aryl methyl sites for hydroxylation is 1. The number of H-pyrrole nitrogens is 1. The molecule has 1 atom stereocenters. The van der Waals surface area contributed by atoms with Gasteiger partial charge in [-0.25, -0.2) is 15.0 Å². The number of phenolic OH excluding ortho intramolecular Hbond substituents is 1. The number of hydrogen-bond acceptors (Lipinski definition) is 5. The van der Waals surface area contributed by atoms with Crippen LogP contribution in [0.15, 0.2) is 42.7 Å². The summed E-state index contributed by atoms with van der Waals surface area (Å²) in [7, 11) is 0. The summed E-state index contributed by atoms with van der Waals surface area (Å²) < 4.78 is 0. The van der Waals surface area contributed by atoms with Crippen LogP contribution in [0.5, 0.6) is 5.75 Å². The Morgan fingerprint density at radius 1 is 1.24 bits per heavy atom. The quantitative estimate of drug-likeness (QED) is 0.768. The molecule has 0 bridgehead atoms. The number of piperidine rings is 1. The van der Waals surface area contributed by atoms with Gasteiger partial charge in [0.15, 0.2) is 5.82 Å². The van der Waals surface area contributed by atoms with E-state index in [1.54, 1.807) is 18.3 Å². The third-order valence-electron chi connectivity index (χ3n) is 4.64. The van der Waals surface area contributed by atoms with Crippen molar-refractivity contribution < 1.29 is 5.11 Å². The monoisotopic (exact) mass is 335 g/mol. The summed E-state index contributed by atoms with van der Waals surface area (Å²) in [6, 6.07) is 9.20. The Balaban J connectivity index is 1.65. The van der Waals surface area contributed by atoms with E-state index in [0.717, 1.165) is 43.3 Å². The van der Waals surface area contributed by atoms with Crippen LogP contribution in [0.25, 0.3) is 11.4 Å². The summed E-state index contributed by atoms with van der Waals surface area (Å²) in [5.41, 5.74) is 1.55. The van der Waals surface area contributed by atoms with Gasteiger partial charge in [0.2, 0.25) is 0 Å². The molecule has 1 aliphatic heterocycles. The molecule has 6 heteroatoms. The van der Waals surface area contributed by atoms with Gasteiger partial charge in [-0.15, -0.1) is 0 Å². The number of nitrogens with one attached hydrogen (secondary N) is 1. The zero-order valence-corrected chi connectivity index (χ0v) is 14.2. The van der Waals surface area contributed by atoms with Gasteiger partial charge in [0.25, 0.3) is 0 Å². The molecule has 6 nitrogen and oxygen atoms in total. The van der Waals surface area contributed by atoms with E-state index in [4.69, 9.17) is 4.98 Å². The van der Waals surface area contributed by atoms with Gasteiger partial charge in [-0.2, -0.15) is 0 Å². The summed E-state index contributed by atoms with van der Waals surface area (Å²) in [6.45, 7) is 3.81. The van der Waals surface area contributed by atoms with Crippen LogP contribution in [0.1, 0.15) is 30.3 Å². The van der Waals surface area contributed by atoms with Gasteiger partial charge in [0, 0.05) is 43.2 Å². The highest BCUT2D eigenvalue weighted by Gasteiger charge is 2.24. The molecule has 1 aromatic carbocycles. The fraction of sp³-hybridized carbons (Fsp3) is 0.316. The lowest BCUT2D eigenvalue weighted by molar-refractivity contribution is 0.476. The summed E-state index contributed by atoms with van der Waals surface area (Å²) in [5.74, 6) is 3.09. The number of phenols is 1. The van der Waals surface area contributed by atoms with Crippen molar-refractivity contribution in [3.8, 4) is 17.1 Å². The third-order valence-corrected chi connectivity index (χ3v) is 4.64. The number of aromatic nitrogens is 4. The highest BCUT2D eigenvalue weighted by molar-refractivity contribution is 5.65. The van der Waals surface area contributed by atoms with E-state index in [1.807, 2.05) is 31.3 Å². The van der Waals surface area contributed by atoms with Gasteiger partial charge in [-0.3, -0.25) is 0 Å². The van der Waals surface area contributed by atoms with Crippen LogP contribution in [0.4, 0.5) is 5.82 Å². The van der Waals surface area contributed by atoms with Crippen LogP contribution in [-0.4, -0.2) is 38.1 Å². The second-order valence-corrected chi connectivity index (χ2v) is 6.47. The molecule has 3 aromatic rings. The number of imidazole rings is 1. The van der Waals surface area contributed by atoms with Crippen LogP contribution in [0, 0.1) is 6.92 Å². The highest BCUT2D eigenvalue weighted by atomic mass is 16.3. The van der Waals surface area contributed by atoms with E-state index in [-0.39, 0.29) is 5.75 Å². The van der Waals surface area contributed by atoms with Crippen LogP contribution >= 0.6 is 0 Å². The van der Waals surface area contributed by atoms with E-state index >= 15 is 0 Å². The average Bonchev–Trinajstić information content (AvgIpc) is 3.16. The molecular formula is C19H21N5O. The normalized spacial score (nSPS) is 17.6. The second-order valence-electron chi connectivity index (χ2n) is 6.47. The number of aromatic hydroxyl groups is 1. The Morgan fingerprint density at radius 2 is 2.12 bits per heavy atom. The van der Waals surface area contributed by atoms with Crippen LogP contribution < -0.4 is 4.90 Å². The average molecular weight is 335 g/mol. The van der Waals surface area contributed by atoms with Crippen molar-refractivity contribution in [2.24, 2.45) is 0 Å². The van der Waals surface area contributed by atoms with Gasteiger partial charge >= 0.3 is 0 Å². The van der Waals surface area contributed by atoms with Gasteiger partial charge in [-0.1, -0.05) is 12.1 Å². The molecule has 2 N–H and O–H groups in total. The minimum absolute atomic E-state index is 0.200. The standard InChI is InChI=1S/C19H21N5O/c1-13-11-17(23-19(22-13)15-6-2-3-7-16(15)25)24-10-4-5-14(12-24)18-20-8-9-21-18/h2-3,6-9,11,14,25H,4-5,10,12H2,1H3,(H,20,21)/t14-/m1/s1. The topological polar surface area (TPSA) is 77.9 Å². The van der Waals surface area contributed by atoms with Crippen LogP contribution in [-0.2, 0) is 0 Å². The molecule has 0 unspecified atom stereocenters. The number of hydrogen-bond donors (Lipinski definition) is 2. The second kappa shape index (κ2) is 6.55. The van der Waals surface area contributed by atoms with Crippen LogP contribution in [0.3, 0.4) is 0 Å². The molecule has 2 aromatic heterocycles. The van der Waals surface area contributed by atoms with Crippen molar-refractivity contribution >= 4 is 5.82 Å². The Hall–Kier alpha value is -2.89. The van der Waals surface area contributed by atoms with Crippen LogP contribution in [0.2, 0.25) is 0 Å². The Labute approximate surface area is 146 Å². The summed E-state index contributed by atoms with van der Waals surface area (Å²) in [4.78, 5) is 19.2. The first-order valence-electron chi connectivity index (χ1n) is 8.59. The number of para-hydroxylation sites is 1. The maximum atomic E-state index is 10.1. The number of anilines is 1. The largest absolute Gasteiger partial charge is 0.507 e. The van der Waals surface area contributed by atoms with E-state index in [0.29, 0.717) is 17.3 Å². The van der Waals surface area contributed by atoms with Gasteiger partial charge in [0.05, 0.1) is 5.56 Å². The zero-order valence-electron chi connectivity index (χ0n) is 14.2. The zero-order chi connectivity index (χ0) is 17.2. The first-order chi connectivity index (χ1) is 12.2. The molecular weight excluding hydrogens is 314 g/mol. The molecule has 0 amide bonds. The fourth-order valence-electron chi connectivity index (χ4n) is 3.41. The fourth-order valence-corrected chi connectivity index (χ4v) is 3.41. The predicted octanol–water partition coefficient (Wildman–Crippen LogP) is 3.26. The first kappa shape index (κ1) is 15.6. The van der Waals surface area contributed by atoms with E-state index in [9.17, 15) is 5.11 Å². The molecule has 0 radical (unpaired) electrons. The number of aromatic amines is 1. The summed E-state index contributed by atoms with van der Waals surface area (Å²) in [5, 5.41) is 10.1. The van der Waals surface area contributed by atoms with Gasteiger partial charge < -0.3 is 15.0 Å². The molecule has 4 rings (SSSR count). The molecule has 1 aliphatic rings. The Kier molecular flexibility index (Phi) is 4.09. The van der Waals surface area contributed by atoms with Gasteiger partial charge in [-0.05, 0) is 31.9 Å². The Morgan fingerprint density at radius 3 is 2.92 bits per heavy atom. The van der Waals surface area contributed by atoms with E-state index in [2.05, 4.69) is 19.9 Å². The molecule has 3 heterocycles. The predicted molar refractivity (Wildman–Crippen MR) is 96.6 cm³/mol. The molecule has 0 spiro atoms. The lowest BCUT2D eigenvalue weighted by Gasteiger charge is -2.33. The lowest BCUT2D eigenvalue weighted by atomic mass is 9.97. The SMILES string of the molecule is Cc1cc(N2CCC[C@@H](c3ncc[nH]3)C2)nc(-c2ccccc2O)n1. The van der Waals surface area contributed by atoms with Crippen molar-refractivity contribution in [2.45, 2.75) is 25.7 Å². The maximum Gasteiger partial charge on any atom is 0.165 e.